The Hall–Kier alpha value is -2.96. The summed E-state index contributed by atoms with van der Waals surface area (Å²) in [7, 11) is 1.38. The number of methoxy groups -OCH3 is 1. The average molecular weight is 387 g/mol. The van der Waals surface area contributed by atoms with E-state index in [1.165, 1.54) is 13.2 Å². The van der Waals surface area contributed by atoms with Crippen LogP contribution in [-0.2, 0) is 20.7 Å². The molecule has 146 valence electrons. The lowest BCUT2D eigenvalue weighted by Gasteiger charge is -2.19. The fraction of sp³-hybridized carbons (Fsp3) is 0.333. The predicted molar refractivity (Wildman–Crippen MR) is 97.0 cm³/mol. The van der Waals surface area contributed by atoms with Crippen molar-refractivity contribution >= 4 is 17.6 Å². The average Bonchev–Trinajstić information content (AvgIpc) is 3.30. The van der Waals surface area contributed by atoms with Crippen LogP contribution in [0.15, 0.2) is 36.4 Å². The minimum absolute atomic E-state index is 0.175. The van der Waals surface area contributed by atoms with Crippen molar-refractivity contribution in [3.63, 3.8) is 0 Å². The number of anilines is 1. The second-order valence-corrected chi connectivity index (χ2v) is 7.07. The van der Waals surface area contributed by atoms with Crippen molar-refractivity contribution in [1.82, 2.24) is 0 Å². The molecule has 7 heteroatoms. The normalized spacial score (nSPS) is 20.8. The zero-order chi connectivity index (χ0) is 19.8. The first-order valence-electron chi connectivity index (χ1n) is 9.08. The minimum Gasteiger partial charge on any atom is -0.469 e. The highest BCUT2D eigenvalue weighted by Gasteiger charge is 2.34. The van der Waals surface area contributed by atoms with Gasteiger partial charge in [0, 0.05) is 30.8 Å². The van der Waals surface area contributed by atoms with E-state index in [2.05, 4.69) is 0 Å². The Balaban J connectivity index is 1.53. The first kappa shape index (κ1) is 18.4. The van der Waals surface area contributed by atoms with Crippen molar-refractivity contribution < 1.29 is 27.8 Å². The van der Waals surface area contributed by atoms with Crippen molar-refractivity contribution in [3.05, 3.63) is 64.7 Å². The molecular weight excluding hydrogens is 368 g/mol. The number of nitrogens with zero attached hydrogens (tertiary/aromatic N) is 1. The summed E-state index contributed by atoms with van der Waals surface area (Å²) >= 11 is 0. The largest absolute Gasteiger partial charge is 0.469 e. The molecule has 1 fully saturated rings. The molecule has 0 aromatic heterocycles. The van der Waals surface area contributed by atoms with Gasteiger partial charge in [-0.25, -0.2) is 13.6 Å². The van der Waals surface area contributed by atoms with Crippen molar-refractivity contribution in [3.8, 4) is 0 Å². The lowest BCUT2D eigenvalue weighted by molar-refractivity contribution is -0.144. The van der Waals surface area contributed by atoms with E-state index in [1.807, 2.05) is 17.0 Å². The van der Waals surface area contributed by atoms with Gasteiger partial charge in [-0.15, -0.1) is 0 Å². The molecule has 2 aliphatic rings. The maximum atomic E-state index is 13.4. The Kier molecular flexibility index (Phi) is 4.75. The topological polar surface area (TPSA) is 55.8 Å². The zero-order valence-electron chi connectivity index (χ0n) is 15.3. The standard InChI is InChI=1S/C21H19F2NO4/c1-27-20(25)13-6-7-24(11-13)14-3-4-15-16(10-14)21(26)28-19(15)9-12-2-5-17(22)18(23)8-12/h2-5,8,10,13,19H,6-7,9,11H2,1H3/t13-,19?/m1/s1. The smallest absolute Gasteiger partial charge is 0.339 e. The van der Waals surface area contributed by atoms with Gasteiger partial charge < -0.3 is 14.4 Å². The number of halogens is 2. The number of carbonyl (C=O) groups is 2. The molecule has 0 spiro atoms. The van der Waals surface area contributed by atoms with Gasteiger partial charge in [-0.2, -0.15) is 0 Å². The number of hydrogen-bond acceptors (Lipinski definition) is 5. The highest BCUT2D eigenvalue weighted by atomic mass is 19.2. The molecule has 1 unspecified atom stereocenters. The Morgan fingerprint density at radius 2 is 2.04 bits per heavy atom. The number of benzene rings is 2. The molecule has 5 nitrogen and oxygen atoms in total. The molecule has 0 saturated carbocycles. The maximum absolute atomic E-state index is 13.4. The van der Waals surface area contributed by atoms with E-state index in [0.717, 1.165) is 23.4 Å². The molecule has 0 N–H and O–H groups in total. The fourth-order valence-corrected chi connectivity index (χ4v) is 3.84. The molecule has 2 aromatic rings. The Bertz CT molecular complexity index is 946. The van der Waals surface area contributed by atoms with Crippen LogP contribution in [0.1, 0.15) is 34.0 Å². The van der Waals surface area contributed by atoms with E-state index in [1.54, 1.807) is 6.07 Å². The molecule has 0 radical (unpaired) electrons. The van der Waals surface area contributed by atoms with Gasteiger partial charge in [0.15, 0.2) is 11.6 Å². The second-order valence-electron chi connectivity index (χ2n) is 7.07. The summed E-state index contributed by atoms with van der Waals surface area (Å²) in [6.07, 6.45) is 0.430. The lowest BCUT2D eigenvalue weighted by Crippen LogP contribution is -2.23. The van der Waals surface area contributed by atoms with Crippen LogP contribution in [0, 0.1) is 17.6 Å². The monoisotopic (exact) mass is 387 g/mol. The van der Waals surface area contributed by atoms with Gasteiger partial charge in [0.25, 0.3) is 0 Å². The third kappa shape index (κ3) is 3.32. The molecule has 0 bridgehead atoms. The van der Waals surface area contributed by atoms with Crippen molar-refractivity contribution in [2.75, 3.05) is 25.1 Å². The van der Waals surface area contributed by atoms with Crippen molar-refractivity contribution in [2.45, 2.75) is 18.9 Å². The van der Waals surface area contributed by atoms with Crippen LogP contribution >= 0.6 is 0 Å². The third-order valence-corrected chi connectivity index (χ3v) is 5.35. The summed E-state index contributed by atoms with van der Waals surface area (Å²) in [6.45, 7) is 1.24. The molecule has 0 aliphatic carbocycles. The number of cyclic esters (lactones) is 1. The van der Waals surface area contributed by atoms with Gasteiger partial charge >= 0.3 is 11.9 Å². The molecule has 2 aliphatic heterocycles. The number of rotatable bonds is 4. The molecule has 28 heavy (non-hydrogen) atoms. The van der Waals surface area contributed by atoms with E-state index in [0.29, 0.717) is 30.6 Å². The quantitative estimate of drug-likeness (QED) is 0.753. The minimum atomic E-state index is -0.924. The predicted octanol–water partition coefficient (Wildman–Crippen LogP) is 3.42. The number of hydrogen-bond donors (Lipinski definition) is 0. The summed E-state index contributed by atoms with van der Waals surface area (Å²) in [5.74, 6) is -2.67. The van der Waals surface area contributed by atoms with Crippen LogP contribution in [0.25, 0.3) is 0 Å². The molecule has 0 amide bonds. The second kappa shape index (κ2) is 7.22. The molecule has 2 heterocycles. The van der Waals surface area contributed by atoms with Crippen LogP contribution in [0.2, 0.25) is 0 Å². The highest BCUT2D eigenvalue weighted by molar-refractivity contribution is 5.95. The Labute approximate surface area is 160 Å². The first-order valence-corrected chi connectivity index (χ1v) is 9.08. The maximum Gasteiger partial charge on any atom is 0.339 e. The van der Waals surface area contributed by atoms with Gasteiger partial charge in [-0.1, -0.05) is 12.1 Å². The van der Waals surface area contributed by atoms with E-state index >= 15 is 0 Å². The lowest BCUT2D eigenvalue weighted by atomic mass is 9.98. The Morgan fingerprint density at radius 1 is 1.21 bits per heavy atom. The van der Waals surface area contributed by atoms with Gasteiger partial charge in [0.2, 0.25) is 0 Å². The van der Waals surface area contributed by atoms with Crippen LogP contribution in [0.4, 0.5) is 14.5 Å². The molecule has 4 rings (SSSR count). The van der Waals surface area contributed by atoms with Gasteiger partial charge in [-0.3, -0.25) is 4.79 Å². The van der Waals surface area contributed by atoms with Gasteiger partial charge in [0.05, 0.1) is 18.6 Å². The molecular formula is C21H19F2NO4. The highest BCUT2D eigenvalue weighted by Crippen LogP contribution is 2.36. The zero-order valence-corrected chi connectivity index (χ0v) is 15.3. The number of ether oxygens (including phenoxy) is 2. The molecule has 2 aromatic carbocycles. The van der Waals surface area contributed by atoms with Crippen LogP contribution in [0.3, 0.4) is 0 Å². The number of fused-ring (bicyclic) bond motifs is 1. The summed E-state index contributed by atoms with van der Waals surface area (Å²) in [4.78, 5) is 26.1. The van der Waals surface area contributed by atoms with Crippen LogP contribution < -0.4 is 4.90 Å². The van der Waals surface area contributed by atoms with Crippen LogP contribution in [-0.4, -0.2) is 32.1 Å². The third-order valence-electron chi connectivity index (χ3n) is 5.35. The number of carbonyl (C=O) groups excluding carboxylic acids is 2. The number of esters is 2. The Morgan fingerprint density at radius 3 is 2.79 bits per heavy atom. The van der Waals surface area contributed by atoms with Crippen molar-refractivity contribution in [1.29, 1.82) is 0 Å². The summed E-state index contributed by atoms with van der Waals surface area (Å²) in [6, 6.07) is 9.14. The van der Waals surface area contributed by atoms with E-state index < -0.39 is 23.7 Å². The van der Waals surface area contributed by atoms with Crippen LogP contribution in [0.5, 0.6) is 0 Å². The van der Waals surface area contributed by atoms with Gasteiger partial charge in [-0.05, 0) is 36.2 Å². The van der Waals surface area contributed by atoms with Crippen molar-refractivity contribution in [2.24, 2.45) is 5.92 Å². The van der Waals surface area contributed by atoms with Gasteiger partial charge in [0.1, 0.15) is 6.10 Å². The summed E-state index contributed by atoms with van der Waals surface area (Å²) in [5, 5.41) is 0. The molecule has 2 atom stereocenters. The van der Waals surface area contributed by atoms with E-state index in [-0.39, 0.29) is 18.3 Å². The van der Waals surface area contributed by atoms with E-state index in [9.17, 15) is 18.4 Å². The SMILES string of the molecule is COC(=O)[C@@H]1CCN(c2ccc3c(c2)C(=O)OC3Cc2ccc(F)c(F)c2)C1. The summed E-state index contributed by atoms with van der Waals surface area (Å²) < 4.78 is 36.8. The fourth-order valence-electron chi connectivity index (χ4n) is 3.84. The van der Waals surface area contributed by atoms with E-state index in [4.69, 9.17) is 9.47 Å². The molecule has 1 saturated heterocycles. The first-order chi connectivity index (χ1) is 13.5. The summed E-state index contributed by atoms with van der Waals surface area (Å²) in [5.41, 5.74) is 2.58.